The van der Waals surface area contributed by atoms with E-state index >= 15 is 0 Å². The van der Waals surface area contributed by atoms with Crippen molar-refractivity contribution in [2.45, 2.75) is 37.6 Å². The van der Waals surface area contributed by atoms with Crippen LogP contribution in [0.3, 0.4) is 0 Å². The van der Waals surface area contributed by atoms with E-state index in [1.165, 1.54) is 4.68 Å². The number of aryl methyl sites for hydroxylation is 1. The summed E-state index contributed by atoms with van der Waals surface area (Å²) in [4.78, 5) is 0.225. The number of aromatic nitrogens is 4. The molecule has 0 aliphatic heterocycles. The van der Waals surface area contributed by atoms with Gasteiger partial charge in [-0.25, -0.2) is 13.1 Å². The van der Waals surface area contributed by atoms with Gasteiger partial charge in [-0.15, -0.1) is 5.10 Å². The van der Waals surface area contributed by atoms with E-state index in [4.69, 9.17) is 0 Å². The molecule has 2 aromatic carbocycles. The van der Waals surface area contributed by atoms with Gasteiger partial charge in [-0.1, -0.05) is 43.7 Å². The lowest BCUT2D eigenvalue weighted by Crippen LogP contribution is -2.29. The normalized spacial score (nSPS) is 12.8. The first-order chi connectivity index (χ1) is 12.5. The highest BCUT2D eigenvalue weighted by Gasteiger charge is 2.23. The Morgan fingerprint density at radius 1 is 1.08 bits per heavy atom. The predicted molar refractivity (Wildman–Crippen MR) is 98.3 cm³/mol. The van der Waals surface area contributed by atoms with Crippen LogP contribution in [0.4, 0.5) is 0 Å². The highest BCUT2D eigenvalue weighted by molar-refractivity contribution is 7.89. The first kappa shape index (κ1) is 18.2. The predicted octanol–water partition coefficient (Wildman–Crippen LogP) is 2.65. The molecule has 1 unspecified atom stereocenters. The van der Waals surface area contributed by atoms with Crippen LogP contribution in [0.15, 0.2) is 59.5 Å². The second-order valence-electron chi connectivity index (χ2n) is 6.02. The smallest absolute Gasteiger partial charge is 0.207 e. The third-order valence-corrected chi connectivity index (χ3v) is 5.54. The van der Waals surface area contributed by atoms with Crippen molar-refractivity contribution < 1.29 is 8.42 Å². The summed E-state index contributed by atoms with van der Waals surface area (Å²) < 4.78 is 29.5. The van der Waals surface area contributed by atoms with Crippen molar-refractivity contribution in [1.82, 2.24) is 24.9 Å². The molecule has 1 heterocycles. The Morgan fingerprint density at radius 3 is 2.42 bits per heavy atom. The average molecular weight is 371 g/mol. The Labute approximate surface area is 153 Å². The molecule has 0 saturated heterocycles. The molecule has 0 aliphatic rings. The summed E-state index contributed by atoms with van der Waals surface area (Å²) in [6, 6.07) is 15.7. The molecule has 0 fully saturated rings. The van der Waals surface area contributed by atoms with Gasteiger partial charge < -0.3 is 0 Å². The molecule has 0 amide bonds. The van der Waals surface area contributed by atoms with Gasteiger partial charge >= 0.3 is 0 Å². The molecule has 0 saturated carbocycles. The van der Waals surface area contributed by atoms with Crippen LogP contribution in [0.25, 0.3) is 5.69 Å². The maximum atomic E-state index is 12.7. The summed E-state index contributed by atoms with van der Waals surface area (Å²) in [7, 11) is -3.68. The number of hydrogen-bond donors (Lipinski definition) is 1. The lowest BCUT2D eigenvalue weighted by molar-refractivity contribution is 0.555. The summed E-state index contributed by atoms with van der Waals surface area (Å²) in [5.74, 6) is 0.419. The minimum Gasteiger partial charge on any atom is -0.207 e. The molecule has 3 rings (SSSR count). The molecule has 1 atom stereocenters. The fourth-order valence-corrected chi connectivity index (χ4v) is 3.90. The SMILES string of the molecule is CCCc1ccc(S(=O)(=O)NC(C)c2nnnn2-c2ccccc2)cc1. The fraction of sp³-hybridized carbons (Fsp3) is 0.278. The highest BCUT2D eigenvalue weighted by Crippen LogP contribution is 2.18. The van der Waals surface area contributed by atoms with Crippen LogP contribution >= 0.6 is 0 Å². The van der Waals surface area contributed by atoms with Gasteiger partial charge in [0, 0.05) is 0 Å². The summed E-state index contributed by atoms with van der Waals surface area (Å²) in [6.45, 7) is 3.80. The van der Waals surface area contributed by atoms with Crippen LogP contribution in [0.5, 0.6) is 0 Å². The number of benzene rings is 2. The van der Waals surface area contributed by atoms with Crippen LogP contribution in [0.1, 0.15) is 37.7 Å². The summed E-state index contributed by atoms with van der Waals surface area (Å²) >= 11 is 0. The van der Waals surface area contributed by atoms with Gasteiger partial charge in [-0.05, 0) is 53.6 Å². The fourth-order valence-electron chi connectivity index (χ4n) is 2.69. The zero-order valence-electron chi connectivity index (χ0n) is 14.7. The quantitative estimate of drug-likeness (QED) is 0.690. The summed E-state index contributed by atoms with van der Waals surface area (Å²) in [6.07, 6.45) is 1.94. The molecule has 8 heteroatoms. The van der Waals surface area contributed by atoms with Gasteiger partial charge in [0.2, 0.25) is 10.0 Å². The van der Waals surface area contributed by atoms with E-state index in [-0.39, 0.29) is 4.90 Å². The molecule has 0 aliphatic carbocycles. The Bertz CT molecular complexity index is 953. The van der Waals surface area contributed by atoms with E-state index in [1.807, 2.05) is 42.5 Å². The third kappa shape index (κ3) is 3.97. The average Bonchev–Trinajstić information content (AvgIpc) is 3.13. The molecule has 0 bridgehead atoms. The van der Waals surface area contributed by atoms with Crippen molar-refractivity contribution in [2.24, 2.45) is 0 Å². The van der Waals surface area contributed by atoms with Gasteiger partial charge in [0.05, 0.1) is 16.6 Å². The van der Waals surface area contributed by atoms with Crippen LogP contribution in [0, 0.1) is 0 Å². The summed E-state index contributed by atoms with van der Waals surface area (Å²) in [5, 5.41) is 11.6. The third-order valence-electron chi connectivity index (χ3n) is 3.99. The minimum absolute atomic E-state index is 0.225. The van der Waals surface area contributed by atoms with Crippen molar-refractivity contribution in [3.63, 3.8) is 0 Å². The Kier molecular flexibility index (Phi) is 5.43. The van der Waals surface area contributed by atoms with E-state index in [0.717, 1.165) is 24.1 Å². The number of rotatable bonds is 7. The molecule has 7 nitrogen and oxygen atoms in total. The largest absolute Gasteiger partial charge is 0.241 e. The van der Waals surface area contributed by atoms with Crippen molar-refractivity contribution >= 4 is 10.0 Å². The second-order valence-corrected chi connectivity index (χ2v) is 7.74. The lowest BCUT2D eigenvalue weighted by Gasteiger charge is -2.14. The molecule has 26 heavy (non-hydrogen) atoms. The van der Waals surface area contributed by atoms with Crippen LogP contribution in [0.2, 0.25) is 0 Å². The maximum absolute atomic E-state index is 12.7. The Balaban J connectivity index is 1.81. The van der Waals surface area contributed by atoms with Gasteiger partial charge in [0.15, 0.2) is 5.82 Å². The number of para-hydroxylation sites is 1. The Morgan fingerprint density at radius 2 is 1.77 bits per heavy atom. The molecule has 0 spiro atoms. The highest BCUT2D eigenvalue weighted by atomic mass is 32.2. The standard InChI is InChI=1S/C18H21N5O2S/c1-3-7-15-10-12-17(13-11-15)26(24,25)20-14(2)18-19-21-22-23(18)16-8-5-4-6-9-16/h4-6,8-14,20H,3,7H2,1-2H3. The Hall–Kier alpha value is -2.58. The maximum Gasteiger partial charge on any atom is 0.241 e. The molecule has 0 radical (unpaired) electrons. The van der Waals surface area contributed by atoms with Gasteiger partial charge in [-0.3, -0.25) is 0 Å². The number of nitrogens with zero attached hydrogens (tertiary/aromatic N) is 4. The topological polar surface area (TPSA) is 89.8 Å². The number of sulfonamides is 1. The van der Waals surface area contributed by atoms with Crippen molar-refractivity contribution in [3.05, 3.63) is 66.0 Å². The number of tetrazole rings is 1. The van der Waals surface area contributed by atoms with Crippen molar-refractivity contribution in [1.29, 1.82) is 0 Å². The van der Waals surface area contributed by atoms with Gasteiger partial charge in [0.25, 0.3) is 0 Å². The van der Waals surface area contributed by atoms with Crippen LogP contribution in [-0.4, -0.2) is 28.6 Å². The number of nitrogens with one attached hydrogen (secondary N) is 1. The second kappa shape index (κ2) is 7.76. The molecule has 136 valence electrons. The molecule has 3 aromatic rings. The zero-order valence-corrected chi connectivity index (χ0v) is 15.5. The lowest BCUT2D eigenvalue weighted by atomic mass is 10.1. The van der Waals surface area contributed by atoms with Crippen molar-refractivity contribution in [2.75, 3.05) is 0 Å². The van der Waals surface area contributed by atoms with Gasteiger partial charge in [0.1, 0.15) is 0 Å². The molecule has 1 aromatic heterocycles. The van der Waals surface area contributed by atoms with E-state index < -0.39 is 16.1 Å². The minimum atomic E-state index is -3.68. The first-order valence-electron chi connectivity index (χ1n) is 8.46. The van der Waals surface area contributed by atoms with Crippen LogP contribution in [-0.2, 0) is 16.4 Å². The summed E-state index contributed by atoms with van der Waals surface area (Å²) in [5.41, 5.74) is 1.88. The van der Waals surface area contributed by atoms with E-state index in [9.17, 15) is 8.42 Å². The molecular weight excluding hydrogens is 350 g/mol. The van der Waals surface area contributed by atoms with Gasteiger partial charge in [-0.2, -0.15) is 4.68 Å². The molecule has 1 N–H and O–H groups in total. The van der Waals surface area contributed by atoms with E-state index in [1.54, 1.807) is 19.1 Å². The van der Waals surface area contributed by atoms with Crippen molar-refractivity contribution in [3.8, 4) is 5.69 Å². The number of hydrogen-bond acceptors (Lipinski definition) is 5. The van der Waals surface area contributed by atoms with E-state index in [2.05, 4.69) is 27.2 Å². The van der Waals surface area contributed by atoms with Crippen LogP contribution < -0.4 is 4.72 Å². The van der Waals surface area contributed by atoms with E-state index in [0.29, 0.717) is 5.82 Å². The zero-order chi connectivity index (χ0) is 18.6. The molecular formula is C18H21N5O2S. The first-order valence-corrected chi connectivity index (χ1v) is 9.94. The monoisotopic (exact) mass is 371 g/mol.